The lowest BCUT2D eigenvalue weighted by molar-refractivity contribution is -0.126. The van der Waals surface area contributed by atoms with E-state index < -0.39 is 0 Å². The lowest BCUT2D eigenvalue weighted by Crippen LogP contribution is -2.35. The zero-order valence-electron chi connectivity index (χ0n) is 14.1. The van der Waals surface area contributed by atoms with E-state index in [1.807, 2.05) is 36.1 Å². The topological polar surface area (TPSA) is 33.2 Å². The molecule has 0 saturated heterocycles. The van der Waals surface area contributed by atoms with E-state index in [2.05, 4.69) is 24.1 Å². The summed E-state index contributed by atoms with van der Waals surface area (Å²) in [4.78, 5) is 19.3. The fourth-order valence-electron chi connectivity index (χ4n) is 2.99. The largest absolute Gasteiger partial charge is 0.312 e. The van der Waals surface area contributed by atoms with Gasteiger partial charge in [0.05, 0.1) is 16.0 Å². The Morgan fingerprint density at radius 3 is 3.00 bits per heavy atom. The van der Waals surface area contributed by atoms with Crippen LogP contribution in [0.15, 0.2) is 52.0 Å². The molecule has 0 spiro atoms. The highest BCUT2D eigenvalue weighted by Crippen LogP contribution is 2.31. The van der Waals surface area contributed by atoms with Crippen LogP contribution in [0.2, 0.25) is 0 Å². The first kappa shape index (κ1) is 17.2. The van der Waals surface area contributed by atoms with Crippen molar-refractivity contribution in [3.63, 3.8) is 0 Å². The maximum atomic E-state index is 12.7. The van der Waals surface area contributed by atoms with Crippen LogP contribution >= 0.6 is 23.1 Å². The molecule has 0 N–H and O–H groups in total. The van der Waals surface area contributed by atoms with Crippen molar-refractivity contribution in [2.75, 3.05) is 12.3 Å². The summed E-state index contributed by atoms with van der Waals surface area (Å²) in [5.74, 6) is 0.621. The molecule has 0 unspecified atom stereocenters. The monoisotopic (exact) mass is 358 g/mol. The second-order valence-electron chi connectivity index (χ2n) is 5.73. The molecule has 126 valence electrons. The quantitative estimate of drug-likeness (QED) is 0.684. The van der Waals surface area contributed by atoms with E-state index in [0.29, 0.717) is 5.75 Å². The van der Waals surface area contributed by atoms with Gasteiger partial charge in [0.2, 0.25) is 5.91 Å². The molecule has 0 radical (unpaired) electrons. The van der Waals surface area contributed by atoms with Gasteiger partial charge in [-0.15, -0.1) is 11.3 Å². The van der Waals surface area contributed by atoms with Crippen LogP contribution < -0.4 is 0 Å². The van der Waals surface area contributed by atoms with Crippen LogP contribution in [0.3, 0.4) is 0 Å². The molecule has 1 amide bonds. The Bertz CT molecular complexity index is 759. The molecule has 1 aromatic heterocycles. The SMILES string of the molecule is C/C=C\C1=C(CC)CCCN1C(=O)CSc1nc2ccccc2s1. The Kier molecular flexibility index (Phi) is 5.74. The minimum Gasteiger partial charge on any atom is -0.312 e. The van der Waals surface area contributed by atoms with E-state index in [4.69, 9.17) is 0 Å². The lowest BCUT2D eigenvalue weighted by atomic mass is 9.99. The number of allylic oxidation sites excluding steroid dienone is 3. The summed E-state index contributed by atoms with van der Waals surface area (Å²) in [6.07, 6.45) is 7.27. The molecule has 24 heavy (non-hydrogen) atoms. The Morgan fingerprint density at radius 1 is 1.42 bits per heavy atom. The number of thioether (sulfide) groups is 1. The van der Waals surface area contributed by atoms with Crippen LogP contribution in [-0.4, -0.2) is 28.1 Å². The fourth-order valence-corrected chi connectivity index (χ4v) is 4.93. The molecule has 3 nitrogen and oxygen atoms in total. The van der Waals surface area contributed by atoms with Gasteiger partial charge < -0.3 is 4.90 Å². The van der Waals surface area contributed by atoms with Crippen molar-refractivity contribution in [2.45, 2.75) is 37.4 Å². The van der Waals surface area contributed by atoms with Gasteiger partial charge in [-0.25, -0.2) is 4.98 Å². The number of thiazole rings is 1. The molecular formula is C19H22N2OS2. The number of rotatable bonds is 5. The molecule has 0 atom stereocenters. The third-order valence-electron chi connectivity index (χ3n) is 4.16. The van der Waals surface area contributed by atoms with Crippen LogP contribution in [0.5, 0.6) is 0 Å². The van der Waals surface area contributed by atoms with Crippen LogP contribution in [-0.2, 0) is 4.79 Å². The van der Waals surface area contributed by atoms with E-state index >= 15 is 0 Å². The predicted molar refractivity (Wildman–Crippen MR) is 103 cm³/mol. The second-order valence-corrected chi connectivity index (χ2v) is 7.98. The maximum absolute atomic E-state index is 12.7. The average molecular weight is 359 g/mol. The van der Waals surface area contributed by atoms with E-state index in [9.17, 15) is 4.79 Å². The van der Waals surface area contributed by atoms with E-state index in [1.165, 1.54) is 10.3 Å². The minimum atomic E-state index is 0.179. The van der Waals surface area contributed by atoms with Crippen molar-refractivity contribution in [2.24, 2.45) is 0 Å². The van der Waals surface area contributed by atoms with Crippen LogP contribution in [0.1, 0.15) is 33.1 Å². The molecule has 2 aromatic rings. The van der Waals surface area contributed by atoms with Gasteiger partial charge in [-0.2, -0.15) is 0 Å². The Balaban J connectivity index is 1.71. The van der Waals surface area contributed by atoms with Gasteiger partial charge in [-0.05, 0) is 50.0 Å². The predicted octanol–water partition coefficient (Wildman–Crippen LogP) is 5.25. The minimum absolute atomic E-state index is 0.179. The van der Waals surface area contributed by atoms with E-state index in [0.717, 1.165) is 41.4 Å². The first-order valence-corrected chi connectivity index (χ1v) is 10.2. The third kappa shape index (κ3) is 3.73. The number of carbonyl (C=O) groups is 1. The van der Waals surface area contributed by atoms with Crippen LogP contribution in [0.4, 0.5) is 0 Å². The molecule has 3 rings (SSSR count). The molecule has 5 heteroatoms. The van der Waals surface area contributed by atoms with Crippen molar-refractivity contribution in [3.8, 4) is 0 Å². The molecule has 0 fully saturated rings. The summed E-state index contributed by atoms with van der Waals surface area (Å²) in [6.45, 7) is 5.00. The fraction of sp³-hybridized carbons (Fsp3) is 0.368. The summed E-state index contributed by atoms with van der Waals surface area (Å²) < 4.78 is 2.14. The second kappa shape index (κ2) is 7.99. The molecule has 2 heterocycles. The highest BCUT2D eigenvalue weighted by atomic mass is 32.2. The van der Waals surface area contributed by atoms with Crippen LogP contribution in [0, 0.1) is 0 Å². The summed E-state index contributed by atoms with van der Waals surface area (Å²) in [5, 5.41) is 0. The molecular weight excluding hydrogens is 336 g/mol. The summed E-state index contributed by atoms with van der Waals surface area (Å²) >= 11 is 3.20. The highest BCUT2D eigenvalue weighted by Gasteiger charge is 2.23. The highest BCUT2D eigenvalue weighted by molar-refractivity contribution is 8.01. The molecule has 0 aliphatic carbocycles. The van der Waals surface area contributed by atoms with Crippen molar-refractivity contribution in [1.82, 2.24) is 9.88 Å². The lowest BCUT2D eigenvalue weighted by Gasteiger charge is -2.30. The number of fused-ring (bicyclic) bond motifs is 1. The standard InChI is InChI=1S/C19H22N2OS2/c1-3-8-16-14(4-2)9-7-12-21(16)18(22)13-23-19-20-15-10-5-6-11-17(15)24-19/h3,5-6,8,10-11H,4,7,9,12-13H2,1-2H3/b8-3-. The third-order valence-corrected chi connectivity index (χ3v) is 6.32. The molecule has 1 aliphatic heterocycles. The number of aromatic nitrogens is 1. The zero-order valence-corrected chi connectivity index (χ0v) is 15.8. The number of hydrogen-bond donors (Lipinski definition) is 0. The zero-order chi connectivity index (χ0) is 16.9. The molecule has 0 bridgehead atoms. The van der Waals surface area contributed by atoms with Gasteiger partial charge in [-0.1, -0.05) is 36.9 Å². The Hall–Kier alpha value is -1.59. The van der Waals surface area contributed by atoms with E-state index in [-0.39, 0.29) is 5.91 Å². The van der Waals surface area contributed by atoms with Crippen LogP contribution in [0.25, 0.3) is 10.2 Å². The number of carbonyl (C=O) groups excluding carboxylic acids is 1. The number of benzene rings is 1. The molecule has 0 saturated carbocycles. The van der Waals surface area contributed by atoms with Crippen molar-refractivity contribution < 1.29 is 4.79 Å². The number of nitrogens with zero attached hydrogens (tertiary/aromatic N) is 2. The Morgan fingerprint density at radius 2 is 2.25 bits per heavy atom. The van der Waals surface area contributed by atoms with Crippen molar-refractivity contribution in [3.05, 3.63) is 47.7 Å². The van der Waals surface area contributed by atoms with E-state index in [1.54, 1.807) is 23.1 Å². The first-order valence-electron chi connectivity index (χ1n) is 8.36. The molecule has 1 aromatic carbocycles. The summed E-state index contributed by atoms with van der Waals surface area (Å²) in [6, 6.07) is 8.11. The molecule has 1 aliphatic rings. The van der Waals surface area contributed by atoms with Gasteiger partial charge in [0.15, 0.2) is 4.34 Å². The van der Waals surface area contributed by atoms with Gasteiger partial charge in [0.25, 0.3) is 0 Å². The summed E-state index contributed by atoms with van der Waals surface area (Å²) in [5.41, 5.74) is 3.51. The Labute approximate surface area is 151 Å². The average Bonchev–Trinajstić information content (AvgIpc) is 3.03. The van der Waals surface area contributed by atoms with Crippen molar-refractivity contribution in [1.29, 1.82) is 0 Å². The van der Waals surface area contributed by atoms with Gasteiger partial charge >= 0.3 is 0 Å². The number of para-hydroxylation sites is 1. The maximum Gasteiger partial charge on any atom is 0.237 e. The summed E-state index contributed by atoms with van der Waals surface area (Å²) in [7, 11) is 0. The normalized spacial score (nSPS) is 15.7. The van der Waals surface area contributed by atoms with Gasteiger partial charge in [0.1, 0.15) is 0 Å². The number of amides is 1. The van der Waals surface area contributed by atoms with Gasteiger partial charge in [0, 0.05) is 12.2 Å². The van der Waals surface area contributed by atoms with Crippen molar-refractivity contribution >= 4 is 39.2 Å². The van der Waals surface area contributed by atoms with Gasteiger partial charge in [-0.3, -0.25) is 4.79 Å². The smallest absolute Gasteiger partial charge is 0.237 e. The first-order chi connectivity index (χ1) is 11.7. The number of hydrogen-bond acceptors (Lipinski definition) is 4.